The van der Waals surface area contributed by atoms with Gasteiger partial charge in [-0.3, -0.25) is 14.0 Å². The molecule has 0 aliphatic heterocycles. The summed E-state index contributed by atoms with van der Waals surface area (Å²) in [4.78, 5) is 26.9. The predicted molar refractivity (Wildman–Crippen MR) is 126 cm³/mol. The Morgan fingerprint density at radius 1 is 1.21 bits per heavy atom. The summed E-state index contributed by atoms with van der Waals surface area (Å²) in [5.74, 6) is 0.276. The quantitative estimate of drug-likeness (QED) is 0.417. The Bertz CT molecular complexity index is 1540. The summed E-state index contributed by atoms with van der Waals surface area (Å²) in [6.45, 7) is 2.12. The topological polar surface area (TPSA) is 93.9 Å². The zero-order chi connectivity index (χ0) is 23.8. The first-order chi connectivity index (χ1) is 16.4. The number of aromatic amines is 1. The summed E-state index contributed by atoms with van der Waals surface area (Å²) in [6.07, 6.45) is 8.15. The number of halogens is 1. The Balaban J connectivity index is 1.69. The van der Waals surface area contributed by atoms with E-state index in [9.17, 15) is 4.79 Å². The highest BCUT2D eigenvalue weighted by atomic mass is 19.1. The third kappa shape index (κ3) is 3.79. The van der Waals surface area contributed by atoms with Crippen molar-refractivity contribution >= 4 is 22.3 Å². The van der Waals surface area contributed by atoms with Crippen LogP contribution in [0.5, 0.6) is 5.75 Å². The molecule has 0 unspecified atom stereocenters. The third-order valence-corrected chi connectivity index (χ3v) is 5.56. The maximum atomic E-state index is 15.4. The number of hydrogen-bond acceptors (Lipinski definition) is 6. The van der Waals surface area contributed by atoms with Crippen molar-refractivity contribution in [3.05, 3.63) is 89.0 Å². The van der Waals surface area contributed by atoms with Crippen LogP contribution in [0.2, 0.25) is 0 Å². The van der Waals surface area contributed by atoms with E-state index in [0.29, 0.717) is 33.8 Å². The molecule has 0 amide bonds. The molecule has 34 heavy (non-hydrogen) atoms. The van der Waals surface area contributed by atoms with E-state index in [0.717, 1.165) is 5.56 Å². The third-order valence-electron chi connectivity index (χ3n) is 5.56. The molecular formula is C24H22FN7O2. The first-order valence-corrected chi connectivity index (χ1v) is 10.5. The van der Waals surface area contributed by atoms with Gasteiger partial charge in [0.25, 0.3) is 5.56 Å². The van der Waals surface area contributed by atoms with Gasteiger partial charge in [-0.05, 0) is 42.8 Å². The van der Waals surface area contributed by atoms with E-state index in [1.807, 2.05) is 6.92 Å². The Kier molecular flexibility index (Phi) is 5.33. The number of rotatable bonds is 6. The lowest BCUT2D eigenvalue weighted by molar-refractivity contribution is 0.386. The minimum absolute atomic E-state index is 0.140. The fourth-order valence-corrected chi connectivity index (χ4v) is 3.91. The molecular weight excluding hydrogens is 437 g/mol. The number of imidazole rings is 1. The summed E-state index contributed by atoms with van der Waals surface area (Å²) in [6, 6.07) is 8.65. The number of nitrogens with zero attached hydrogens (tertiary/aromatic N) is 6. The Labute approximate surface area is 194 Å². The number of ether oxygens (including phenoxy) is 1. The zero-order valence-corrected chi connectivity index (χ0v) is 18.9. The average Bonchev–Trinajstić information content (AvgIpc) is 3.51. The number of fused-ring (bicyclic) bond motifs is 1. The second-order valence-corrected chi connectivity index (χ2v) is 7.92. The smallest absolute Gasteiger partial charge is 0.265 e. The van der Waals surface area contributed by atoms with Crippen LogP contribution in [0, 0.1) is 12.7 Å². The van der Waals surface area contributed by atoms with Crippen LogP contribution in [0.1, 0.15) is 11.4 Å². The first-order valence-electron chi connectivity index (χ1n) is 10.5. The molecule has 2 aromatic carbocycles. The number of aromatic nitrogens is 6. The molecule has 0 aliphatic rings. The molecule has 0 spiro atoms. The van der Waals surface area contributed by atoms with Crippen molar-refractivity contribution in [2.24, 2.45) is 7.05 Å². The molecule has 0 bridgehead atoms. The van der Waals surface area contributed by atoms with Gasteiger partial charge < -0.3 is 14.6 Å². The normalized spacial score (nSPS) is 11.2. The number of anilines is 2. The van der Waals surface area contributed by atoms with E-state index < -0.39 is 5.82 Å². The van der Waals surface area contributed by atoms with E-state index in [1.54, 1.807) is 71.7 Å². The van der Waals surface area contributed by atoms with Gasteiger partial charge in [0.1, 0.15) is 12.2 Å². The van der Waals surface area contributed by atoms with Crippen LogP contribution in [0.3, 0.4) is 0 Å². The van der Waals surface area contributed by atoms with Gasteiger partial charge in [-0.15, -0.1) is 0 Å². The largest absolute Gasteiger partial charge is 0.494 e. The number of methoxy groups -OCH3 is 1. The SMILES string of the molecule is COc1cc(C)cc(N(Cc2ncc[nH]2)c2ccc3ncn(-c4cnn(C)c4)c(=O)c3c2)c1F. The lowest BCUT2D eigenvalue weighted by Gasteiger charge is -2.26. The highest BCUT2D eigenvalue weighted by molar-refractivity contribution is 5.83. The molecule has 5 aromatic rings. The van der Waals surface area contributed by atoms with E-state index >= 15 is 4.39 Å². The van der Waals surface area contributed by atoms with Gasteiger partial charge in [-0.2, -0.15) is 5.10 Å². The molecule has 0 saturated carbocycles. The number of aryl methyl sites for hydroxylation is 2. The molecule has 0 radical (unpaired) electrons. The van der Waals surface area contributed by atoms with Crippen LogP contribution in [0.4, 0.5) is 15.8 Å². The van der Waals surface area contributed by atoms with Gasteiger partial charge in [0.2, 0.25) is 0 Å². The average molecular weight is 459 g/mol. The molecule has 0 aliphatic carbocycles. The Morgan fingerprint density at radius 3 is 2.76 bits per heavy atom. The minimum atomic E-state index is -0.501. The van der Waals surface area contributed by atoms with E-state index in [4.69, 9.17) is 4.74 Å². The molecule has 3 heterocycles. The maximum absolute atomic E-state index is 15.4. The predicted octanol–water partition coefficient (Wildman–Crippen LogP) is 3.64. The van der Waals surface area contributed by atoms with Crippen molar-refractivity contribution in [3.63, 3.8) is 0 Å². The number of H-pyrrole nitrogens is 1. The van der Waals surface area contributed by atoms with Crippen molar-refractivity contribution in [2.75, 3.05) is 12.0 Å². The standard InChI is InChI=1S/C24H22FN7O2/c1-15-8-20(23(25)21(9-15)34-3)31(13-22-26-6-7-27-22)16-4-5-19-18(10-16)24(33)32(14-28-19)17-11-29-30(2)12-17/h4-12,14H,13H2,1-3H3,(H,26,27). The summed E-state index contributed by atoms with van der Waals surface area (Å²) in [5.41, 5.74) is 2.64. The van der Waals surface area contributed by atoms with E-state index in [2.05, 4.69) is 20.1 Å². The van der Waals surface area contributed by atoms with Gasteiger partial charge >= 0.3 is 0 Å². The molecule has 1 N–H and O–H groups in total. The number of benzene rings is 2. The van der Waals surface area contributed by atoms with Gasteiger partial charge in [0.15, 0.2) is 11.6 Å². The van der Waals surface area contributed by atoms with Crippen molar-refractivity contribution in [2.45, 2.75) is 13.5 Å². The Hall–Kier alpha value is -4.47. The number of nitrogens with one attached hydrogen (secondary N) is 1. The maximum Gasteiger partial charge on any atom is 0.265 e. The molecule has 0 atom stereocenters. The van der Waals surface area contributed by atoms with E-state index in [-0.39, 0.29) is 17.9 Å². The lowest BCUT2D eigenvalue weighted by Crippen LogP contribution is -2.21. The van der Waals surface area contributed by atoms with Crippen molar-refractivity contribution in [1.29, 1.82) is 0 Å². The summed E-state index contributed by atoms with van der Waals surface area (Å²) < 4.78 is 23.7. The summed E-state index contributed by atoms with van der Waals surface area (Å²) >= 11 is 0. The highest BCUT2D eigenvalue weighted by Crippen LogP contribution is 2.35. The second kappa shape index (κ2) is 8.47. The molecule has 10 heteroatoms. The fourth-order valence-electron chi connectivity index (χ4n) is 3.91. The summed E-state index contributed by atoms with van der Waals surface area (Å²) in [7, 11) is 3.21. The van der Waals surface area contributed by atoms with Gasteiger partial charge in [0.05, 0.1) is 42.1 Å². The molecule has 172 valence electrons. The lowest BCUT2D eigenvalue weighted by atomic mass is 10.1. The fraction of sp³-hybridized carbons (Fsp3) is 0.167. The van der Waals surface area contributed by atoms with Crippen LogP contribution in [-0.2, 0) is 13.6 Å². The molecule has 3 aromatic heterocycles. The van der Waals surface area contributed by atoms with Crippen molar-refractivity contribution in [3.8, 4) is 11.4 Å². The van der Waals surface area contributed by atoms with Gasteiger partial charge in [0, 0.05) is 31.3 Å². The molecule has 9 nitrogen and oxygen atoms in total. The van der Waals surface area contributed by atoms with Crippen LogP contribution in [0.25, 0.3) is 16.6 Å². The molecule has 0 saturated heterocycles. The first kappa shape index (κ1) is 21.4. The molecule has 0 fully saturated rings. The minimum Gasteiger partial charge on any atom is -0.494 e. The van der Waals surface area contributed by atoms with Crippen LogP contribution in [-0.4, -0.2) is 36.4 Å². The van der Waals surface area contributed by atoms with Crippen LogP contribution >= 0.6 is 0 Å². The second-order valence-electron chi connectivity index (χ2n) is 7.92. The van der Waals surface area contributed by atoms with Crippen molar-refractivity contribution < 1.29 is 9.13 Å². The van der Waals surface area contributed by atoms with Gasteiger partial charge in [-0.1, -0.05) is 0 Å². The van der Waals surface area contributed by atoms with E-state index in [1.165, 1.54) is 18.0 Å². The van der Waals surface area contributed by atoms with Gasteiger partial charge in [-0.25, -0.2) is 14.4 Å². The summed E-state index contributed by atoms with van der Waals surface area (Å²) in [5, 5.41) is 4.53. The van der Waals surface area contributed by atoms with Crippen LogP contribution < -0.4 is 15.2 Å². The molecule has 5 rings (SSSR count). The van der Waals surface area contributed by atoms with Crippen molar-refractivity contribution in [1.82, 2.24) is 29.3 Å². The monoisotopic (exact) mass is 459 g/mol. The number of hydrogen-bond donors (Lipinski definition) is 1. The highest BCUT2D eigenvalue weighted by Gasteiger charge is 2.20. The Morgan fingerprint density at radius 2 is 2.06 bits per heavy atom. The zero-order valence-electron chi connectivity index (χ0n) is 18.9. The van der Waals surface area contributed by atoms with Crippen LogP contribution in [0.15, 0.2) is 66.2 Å².